The lowest BCUT2D eigenvalue weighted by molar-refractivity contribution is -0.140. The summed E-state index contributed by atoms with van der Waals surface area (Å²) in [6.45, 7) is 4.93. The molecule has 0 amide bonds. The lowest BCUT2D eigenvalue weighted by Gasteiger charge is -2.16. The Balaban J connectivity index is 2.35. The molecule has 0 aliphatic rings. The Labute approximate surface area is 134 Å². The molecule has 2 aromatic rings. The van der Waals surface area contributed by atoms with Crippen molar-refractivity contribution in [2.24, 2.45) is 0 Å². The third kappa shape index (κ3) is 4.01. The highest BCUT2D eigenvalue weighted by Crippen LogP contribution is 2.14. The van der Waals surface area contributed by atoms with E-state index in [1.54, 1.807) is 60.7 Å². The molecule has 4 nitrogen and oxygen atoms in total. The number of carbonyl (C=O) groups excluding carboxylic acids is 3. The zero-order chi connectivity index (χ0) is 16.8. The van der Waals surface area contributed by atoms with Crippen molar-refractivity contribution in [2.75, 3.05) is 0 Å². The molecule has 4 heteroatoms. The Hall–Kier alpha value is -3.01. The Morgan fingerprint density at radius 1 is 0.826 bits per heavy atom. The van der Waals surface area contributed by atoms with Gasteiger partial charge in [0.1, 0.15) is 0 Å². The van der Waals surface area contributed by atoms with E-state index in [4.69, 9.17) is 4.74 Å². The van der Waals surface area contributed by atoms with Crippen LogP contribution < -0.4 is 0 Å². The molecule has 0 aromatic heterocycles. The highest BCUT2D eigenvalue weighted by atomic mass is 16.5. The first-order valence-corrected chi connectivity index (χ1v) is 7.05. The second kappa shape index (κ2) is 7.31. The van der Waals surface area contributed by atoms with Gasteiger partial charge in [0.05, 0.1) is 0 Å². The van der Waals surface area contributed by atoms with Gasteiger partial charge >= 0.3 is 5.97 Å². The van der Waals surface area contributed by atoms with E-state index in [0.29, 0.717) is 11.1 Å². The maximum Gasteiger partial charge on any atom is 0.334 e. The molecule has 0 fully saturated rings. The van der Waals surface area contributed by atoms with Crippen LogP contribution in [0.4, 0.5) is 0 Å². The molecule has 0 saturated carbocycles. The van der Waals surface area contributed by atoms with Crippen LogP contribution in [0.15, 0.2) is 72.8 Å². The van der Waals surface area contributed by atoms with Crippen LogP contribution in [0.2, 0.25) is 0 Å². The predicted octanol–water partition coefficient (Wildman–Crippen LogP) is 3.24. The van der Waals surface area contributed by atoms with Gasteiger partial charge in [-0.3, -0.25) is 9.59 Å². The molecule has 0 saturated heterocycles. The molecule has 0 spiro atoms. The third-order valence-electron chi connectivity index (χ3n) is 3.17. The van der Waals surface area contributed by atoms with Crippen molar-refractivity contribution >= 4 is 17.5 Å². The Morgan fingerprint density at radius 3 is 1.57 bits per heavy atom. The van der Waals surface area contributed by atoms with E-state index in [0.717, 1.165) is 0 Å². The standard InChI is InChI=1S/C19H16O4/c1-13(2)19(22)23-18(16(20)14-9-5-3-6-10-14)17(21)15-11-7-4-8-12-15/h3-12,18H,1H2,2H3. The number of ether oxygens (including phenoxy) is 1. The van der Waals surface area contributed by atoms with Crippen molar-refractivity contribution in [1.29, 1.82) is 0 Å². The maximum absolute atomic E-state index is 12.6. The quantitative estimate of drug-likeness (QED) is 0.356. The monoisotopic (exact) mass is 308 g/mol. The van der Waals surface area contributed by atoms with Crippen LogP contribution in [0, 0.1) is 0 Å². The first kappa shape index (κ1) is 16.4. The van der Waals surface area contributed by atoms with Crippen LogP contribution in [0.25, 0.3) is 0 Å². The summed E-state index contributed by atoms with van der Waals surface area (Å²) < 4.78 is 5.11. The molecule has 0 atom stereocenters. The second-order valence-electron chi connectivity index (χ2n) is 5.03. The molecule has 23 heavy (non-hydrogen) atoms. The zero-order valence-corrected chi connectivity index (χ0v) is 12.7. The molecule has 0 unspecified atom stereocenters. The average Bonchev–Trinajstić information content (AvgIpc) is 2.59. The Kier molecular flexibility index (Phi) is 5.20. The smallest absolute Gasteiger partial charge is 0.334 e. The molecule has 2 rings (SSSR count). The van der Waals surface area contributed by atoms with Crippen molar-refractivity contribution in [1.82, 2.24) is 0 Å². The molecule has 0 radical (unpaired) electrons. The van der Waals surface area contributed by atoms with E-state index in [-0.39, 0.29) is 5.57 Å². The molecule has 0 bridgehead atoms. The maximum atomic E-state index is 12.6. The minimum absolute atomic E-state index is 0.122. The molecule has 0 heterocycles. The van der Waals surface area contributed by atoms with Crippen LogP contribution in [0.5, 0.6) is 0 Å². The van der Waals surface area contributed by atoms with Gasteiger partial charge in [-0.2, -0.15) is 0 Å². The minimum Gasteiger partial charge on any atom is -0.442 e. The van der Waals surface area contributed by atoms with Gasteiger partial charge < -0.3 is 4.74 Å². The third-order valence-corrected chi connectivity index (χ3v) is 3.17. The van der Waals surface area contributed by atoms with Crippen molar-refractivity contribution in [3.63, 3.8) is 0 Å². The topological polar surface area (TPSA) is 60.4 Å². The van der Waals surface area contributed by atoms with Crippen LogP contribution in [0.3, 0.4) is 0 Å². The fourth-order valence-electron chi connectivity index (χ4n) is 1.94. The summed E-state index contributed by atoms with van der Waals surface area (Å²) in [7, 11) is 0. The van der Waals surface area contributed by atoms with E-state index in [9.17, 15) is 14.4 Å². The predicted molar refractivity (Wildman–Crippen MR) is 86.2 cm³/mol. The summed E-state index contributed by atoms with van der Waals surface area (Å²) in [5, 5.41) is 0. The van der Waals surface area contributed by atoms with Gasteiger partial charge in [-0.25, -0.2) is 4.79 Å². The molecule has 2 aromatic carbocycles. The summed E-state index contributed by atoms with van der Waals surface area (Å²) in [6, 6.07) is 16.5. The number of ketones is 2. The molecular formula is C19H16O4. The number of esters is 1. The van der Waals surface area contributed by atoms with Gasteiger partial charge in [0.2, 0.25) is 17.7 Å². The van der Waals surface area contributed by atoms with Gasteiger partial charge in [0, 0.05) is 16.7 Å². The summed E-state index contributed by atoms with van der Waals surface area (Å²) >= 11 is 0. The molecule has 116 valence electrons. The minimum atomic E-state index is -1.52. The molecular weight excluding hydrogens is 292 g/mol. The molecule has 0 aliphatic carbocycles. The largest absolute Gasteiger partial charge is 0.442 e. The van der Waals surface area contributed by atoms with E-state index in [2.05, 4.69) is 6.58 Å². The highest BCUT2D eigenvalue weighted by Gasteiger charge is 2.32. The fraction of sp³-hybridized carbons (Fsp3) is 0.105. The van der Waals surface area contributed by atoms with Gasteiger partial charge in [-0.1, -0.05) is 67.2 Å². The van der Waals surface area contributed by atoms with Crippen LogP contribution >= 0.6 is 0 Å². The van der Waals surface area contributed by atoms with E-state index >= 15 is 0 Å². The molecule has 0 aliphatic heterocycles. The zero-order valence-electron chi connectivity index (χ0n) is 12.7. The number of carbonyl (C=O) groups is 3. The van der Waals surface area contributed by atoms with Gasteiger partial charge in [-0.15, -0.1) is 0 Å². The fourth-order valence-corrected chi connectivity index (χ4v) is 1.94. The number of hydrogen-bond donors (Lipinski definition) is 0. The number of Topliss-reactive ketones (excluding diaryl/α,β-unsaturated/α-hetero) is 2. The Morgan fingerprint density at radius 2 is 1.22 bits per heavy atom. The second-order valence-corrected chi connectivity index (χ2v) is 5.03. The summed E-state index contributed by atoms with van der Waals surface area (Å²) in [4.78, 5) is 37.0. The highest BCUT2D eigenvalue weighted by molar-refractivity contribution is 6.19. The van der Waals surface area contributed by atoms with Gasteiger partial charge in [0.15, 0.2) is 0 Å². The van der Waals surface area contributed by atoms with E-state index in [1.165, 1.54) is 6.92 Å². The average molecular weight is 308 g/mol. The Bertz CT molecular complexity index is 681. The van der Waals surface area contributed by atoms with Crippen LogP contribution in [0.1, 0.15) is 27.6 Å². The summed E-state index contributed by atoms with van der Waals surface area (Å²) in [5.74, 6) is -1.90. The van der Waals surface area contributed by atoms with Crippen molar-refractivity contribution in [3.05, 3.63) is 83.9 Å². The number of benzene rings is 2. The summed E-state index contributed by atoms with van der Waals surface area (Å²) in [6.07, 6.45) is -1.52. The summed E-state index contributed by atoms with van der Waals surface area (Å²) in [5.41, 5.74) is 0.726. The van der Waals surface area contributed by atoms with Crippen molar-refractivity contribution in [2.45, 2.75) is 13.0 Å². The lowest BCUT2D eigenvalue weighted by atomic mass is 9.98. The van der Waals surface area contributed by atoms with E-state index < -0.39 is 23.6 Å². The molecule has 0 N–H and O–H groups in total. The lowest BCUT2D eigenvalue weighted by Crippen LogP contribution is -2.35. The first-order chi connectivity index (χ1) is 11.0. The van der Waals surface area contributed by atoms with Gasteiger partial charge in [-0.05, 0) is 6.92 Å². The van der Waals surface area contributed by atoms with Crippen LogP contribution in [-0.4, -0.2) is 23.6 Å². The number of rotatable bonds is 6. The van der Waals surface area contributed by atoms with Gasteiger partial charge in [0.25, 0.3) is 0 Å². The van der Waals surface area contributed by atoms with Crippen molar-refractivity contribution in [3.8, 4) is 0 Å². The SMILES string of the molecule is C=C(C)C(=O)OC(C(=O)c1ccccc1)C(=O)c1ccccc1. The van der Waals surface area contributed by atoms with Crippen LogP contribution in [-0.2, 0) is 9.53 Å². The van der Waals surface area contributed by atoms with Crippen molar-refractivity contribution < 1.29 is 19.1 Å². The number of hydrogen-bond acceptors (Lipinski definition) is 4. The first-order valence-electron chi connectivity index (χ1n) is 7.05. The van der Waals surface area contributed by atoms with E-state index in [1.807, 2.05) is 0 Å². The normalized spacial score (nSPS) is 10.2.